The van der Waals surface area contributed by atoms with Gasteiger partial charge in [0.25, 0.3) is 0 Å². The van der Waals surface area contributed by atoms with Gasteiger partial charge in [0.1, 0.15) is 0 Å². The Labute approximate surface area is 94.0 Å². The quantitative estimate of drug-likeness (QED) is 0.673. The molecule has 0 aliphatic heterocycles. The third-order valence-electron chi connectivity index (χ3n) is 2.66. The molecule has 0 saturated carbocycles. The average Bonchev–Trinajstić information content (AvgIpc) is 2.26. The van der Waals surface area contributed by atoms with E-state index in [1.54, 1.807) is 0 Å². The van der Waals surface area contributed by atoms with Gasteiger partial charge in [0, 0.05) is 13.1 Å². The standard InChI is InChI=1S/C12H26N2O/c1-4-7-9-11(13)12(15)14(6-3)10-8-5-2/h11H,4-10,13H2,1-3H3/t11-/m0/s1. The van der Waals surface area contributed by atoms with Crippen LogP contribution >= 0.6 is 0 Å². The van der Waals surface area contributed by atoms with Gasteiger partial charge < -0.3 is 10.6 Å². The molecule has 0 radical (unpaired) electrons. The van der Waals surface area contributed by atoms with Crippen LogP contribution in [-0.2, 0) is 4.79 Å². The topological polar surface area (TPSA) is 46.3 Å². The van der Waals surface area contributed by atoms with Gasteiger partial charge in [-0.05, 0) is 19.8 Å². The van der Waals surface area contributed by atoms with Crippen molar-refractivity contribution in [3.63, 3.8) is 0 Å². The van der Waals surface area contributed by atoms with Gasteiger partial charge in [-0.15, -0.1) is 0 Å². The molecule has 0 aliphatic carbocycles. The number of likely N-dealkylation sites (N-methyl/N-ethyl adjacent to an activating group) is 1. The lowest BCUT2D eigenvalue weighted by Gasteiger charge is -2.24. The highest BCUT2D eigenvalue weighted by molar-refractivity contribution is 5.81. The van der Waals surface area contributed by atoms with Crippen LogP contribution in [0.2, 0.25) is 0 Å². The van der Waals surface area contributed by atoms with Crippen molar-refractivity contribution in [2.75, 3.05) is 13.1 Å². The number of unbranched alkanes of at least 4 members (excludes halogenated alkanes) is 2. The lowest BCUT2D eigenvalue weighted by Crippen LogP contribution is -2.44. The first kappa shape index (κ1) is 14.4. The number of nitrogens with two attached hydrogens (primary N) is 1. The Kier molecular flexibility index (Phi) is 8.38. The zero-order valence-corrected chi connectivity index (χ0v) is 10.5. The molecule has 0 aromatic heterocycles. The number of rotatable bonds is 8. The van der Waals surface area contributed by atoms with Crippen LogP contribution in [0.5, 0.6) is 0 Å². The second-order valence-electron chi connectivity index (χ2n) is 4.02. The smallest absolute Gasteiger partial charge is 0.239 e. The highest BCUT2D eigenvalue weighted by atomic mass is 16.2. The summed E-state index contributed by atoms with van der Waals surface area (Å²) in [5.74, 6) is 0.124. The highest BCUT2D eigenvalue weighted by Gasteiger charge is 2.18. The first-order valence-corrected chi connectivity index (χ1v) is 6.21. The van der Waals surface area contributed by atoms with Crippen molar-refractivity contribution in [3.8, 4) is 0 Å². The number of amides is 1. The van der Waals surface area contributed by atoms with Crippen molar-refractivity contribution in [1.82, 2.24) is 4.90 Å². The molecule has 0 heterocycles. The summed E-state index contributed by atoms with van der Waals surface area (Å²) >= 11 is 0. The van der Waals surface area contributed by atoms with Crippen LogP contribution in [0, 0.1) is 0 Å². The van der Waals surface area contributed by atoms with Crippen LogP contribution in [0.4, 0.5) is 0 Å². The Balaban J connectivity index is 4.00. The molecule has 0 aliphatic rings. The predicted octanol–water partition coefficient (Wildman–Crippen LogP) is 2.15. The molecular formula is C12H26N2O. The Morgan fingerprint density at radius 1 is 1.20 bits per heavy atom. The molecule has 0 unspecified atom stereocenters. The van der Waals surface area contributed by atoms with E-state index < -0.39 is 0 Å². The van der Waals surface area contributed by atoms with Gasteiger partial charge in [-0.2, -0.15) is 0 Å². The van der Waals surface area contributed by atoms with Gasteiger partial charge in [0.2, 0.25) is 5.91 Å². The van der Waals surface area contributed by atoms with Crippen LogP contribution in [0.3, 0.4) is 0 Å². The van der Waals surface area contributed by atoms with Crippen molar-refractivity contribution < 1.29 is 4.79 Å². The largest absolute Gasteiger partial charge is 0.342 e. The summed E-state index contributed by atoms with van der Waals surface area (Å²) in [6.07, 6.45) is 5.15. The molecule has 0 aromatic carbocycles. The molecule has 90 valence electrons. The average molecular weight is 214 g/mol. The van der Waals surface area contributed by atoms with Gasteiger partial charge in [0.05, 0.1) is 6.04 Å². The normalized spacial score (nSPS) is 12.5. The van der Waals surface area contributed by atoms with Crippen LogP contribution in [-0.4, -0.2) is 29.9 Å². The molecule has 3 heteroatoms. The maximum absolute atomic E-state index is 11.9. The molecule has 0 aromatic rings. The molecule has 1 atom stereocenters. The molecule has 3 nitrogen and oxygen atoms in total. The molecule has 0 rings (SSSR count). The van der Waals surface area contributed by atoms with Gasteiger partial charge >= 0.3 is 0 Å². The van der Waals surface area contributed by atoms with Gasteiger partial charge in [-0.1, -0.05) is 33.1 Å². The molecule has 2 N–H and O–H groups in total. The Bertz CT molecular complexity index is 171. The van der Waals surface area contributed by atoms with Crippen molar-refractivity contribution in [2.45, 2.75) is 58.9 Å². The van der Waals surface area contributed by atoms with Gasteiger partial charge in [-0.25, -0.2) is 0 Å². The third-order valence-corrected chi connectivity index (χ3v) is 2.66. The Morgan fingerprint density at radius 2 is 1.80 bits per heavy atom. The predicted molar refractivity (Wildman–Crippen MR) is 64.7 cm³/mol. The fourth-order valence-electron chi connectivity index (χ4n) is 1.56. The van der Waals surface area contributed by atoms with Gasteiger partial charge in [0.15, 0.2) is 0 Å². The fourth-order valence-corrected chi connectivity index (χ4v) is 1.56. The second kappa shape index (κ2) is 8.72. The zero-order valence-electron chi connectivity index (χ0n) is 10.5. The minimum atomic E-state index is -0.290. The number of hydrogen-bond donors (Lipinski definition) is 1. The molecule has 1 amide bonds. The first-order valence-electron chi connectivity index (χ1n) is 6.21. The molecular weight excluding hydrogens is 188 g/mol. The molecule has 15 heavy (non-hydrogen) atoms. The van der Waals surface area contributed by atoms with Gasteiger partial charge in [-0.3, -0.25) is 4.79 Å². The van der Waals surface area contributed by atoms with E-state index in [4.69, 9.17) is 5.73 Å². The summed E-state index contributed by atoms with van der Waals surface area (Å²) in [5, 5.41) is 0. The van der Waals surface area contributed by atoms with E-state index >= 15 is 0 Å². The summed E-state index contributed by atoms with van der Waals surface area (Å²) in [6, 6.07) is -0.290. The lowest BCUT2D eigenvalue weighted by atomic mass is 10.1. The summed E-state index contributed by atoms with van der Waals surface area (Å²) in [5.41, 5.74) is 5.86. The third kappa shape index (κ3) is 5.78. The minimum Gasteiger partial charge on any atom is -0.342 e. The number of carbonyl (C=O) groups excluding carboxylic acids is 1. The van der Waals surface area contributed by atoms with Crippen LogP contribution in [0.15, 0.2) is 0 Å². The Hall–Kier alpha value is -0.570. The van der Waals surface area contributed by atoms with Crippen molar-refractivity contribution in [1.29, 1.82) is 0 Å². The van der Waals surface area contributed by atoms with Crippen LogP contribution in [0.1, 0.15) is 52.9 Å². The lowest BCUT2D eigenvalue weighted by molar-refractivity contribution is -0.132. The SMILES string of the molecule is CCCC[C@H](N)C(=O)N(CC)CCCC. The molecule has 0 saturated heterocycles. The zero-order chi connectivity index (χ0) is 11.7. The molecule has 0 bridgehead atoms. The summed E-state index contributed by atoms with van der Waals surface area (Å²) in [7, 11) is 0. The van der Waals surface area contributed by atoms with E-state index in [9.17, 15) is 4.79 Å². The van der Waals surface area contributed by atoms with Crippen LogP contribution in [0.25, 0.3) is 0 Å². The van der Waals surface area contributed by atoms with E-state index in [0.29, 0.717) is 0 Å². The van der Waals surface area contributed by atoms with E-state index in [2.05, 4.69) is 13.8 Å². The summed E-state index contributed by atoms with van der Waals surface area (Å²) in [4.78, 5) is 13.8. The fraction of sp³-hybridized carbons (Fsp3) is 0.917. The van der Waals surface area contributed by atoms with Crippen LogP contribution < -0.4 is 5.73 Å². The highest BCUT2D eigenvalue weighted by Crippen LogP contribution is 2.04. The maximum Gasteiger partial charge on any atom is 0.239 e. The monoisotopic (exact) mass is 214 g/mol. The van der Waals surface area contributed by atoms with E-state index in [1.165, 1.54) is 0 Å². The van der Waals surface area contributed by atoms with Crippen molar-refractivity contribution in [2.24, 2.45) is 5.73 Å². The summed E-state index contributed by atoms with van der Waals surface area (Å²) in [6.45, 7) is 7.89. The van der Waals surface area contributed by atoms with Crippen molar-refractivity contribution in [3.05, 3.63) is 0 Å². The van der Waals surface area contributed by atoms with E-state index in [0.717, 1.165) is 45.2 Å². The second-order valence-corrected chi connectivity index (χ2v) is 4.02. The maximum atomic E-state index is 11.9. The van der Waals surface area contributed by atoms with Crippen molar-refractivity contribution >= 4 is 5.91 Å². The number of nitrogens with zero attached hydrogens (tertiary/aromatic N) is 1. The number of hydrogen-bond acceptors (Lipinski definition) is 2. The number of carbonyl (C=O) groups is 1. The minimum absolute atomic E-state index is 0.124. The summed E-state index contributed by atoms with van der Waals surface area (Å²) < 4.78 is 0. The van der Waals surface area contributed by atoms with E-state index in [-0.39, 0.29) is 11.9 Å². The first-order chi connectivity index (χ1) is 7.17. The molecule has 0 spiro atoms. The molecule has 0 fully saturated rings. The van der Waals surface area contributed by atoms with E-state index in [1.807, 2.05) is 11.8 Å². The Morgan fingerprint density at radius 3 is 2.27 bits per heavy atom.